The second kappa shape index (κ2) is 25.8. The van der Waals surface area contributed by atoms with E-state index in [4.69, 9.17) is 0 Å². The van der Waals surface area contributed by atoms with Crippen LogP contribution in [0.4, 0.5) is 28.4 Å². The van der Waals surface area contributed by atoms with Crippen LogP contribution in [0.5, 0.6) is 0 Å². The van der Waals surface area contributed by atoms with Crippen LogP contribution in [0.2, 0.25) is 0 Å². The lowest BCUT2D eigenvalue weighted by atomic mass is 10.3. The molecule has 5 N–H and O–H groups in total. The second-order valence-electron chi connectivity index (χ2n) is 14.7. The molecule has 0 aliphatic heterocycles. The number of anilines is 5. The number of carbonyl (C=O) groups excluding carboxylic acids is 5. The predicted octanol–water partition coefficient (Wildman–Crippen LogP) is 5.41. The van der Waals surface area contributed by atoms with E-state index in [1.165, 1.54) is 0 Å². The lowest BCUT2D eigenvalue weighted by Gasteiger charge is -2.31. The van der Waals surface area contributed by atoms with Gasteiger partial charge in [0.25, 0.3) is 0 Å². The van der Waals surface area contributed by atoms with Crippen molar-refractivity contribution in [2.24, 2.45) is 0 Å². The van der Waals surface area contributed by atoms with E-state index in [1.807, 2.05) is 115 Å². The SMILES string of the molecule is CCN(CCN(CCN(CC(=O)Nc1ccccc1)CC(=O)Nc1ccccc1)CCN(CC(=O)Nc1ccccc1)CC(=O)Nc1ccccc1)CC(=O)Nc1ccccc1. The third-order valence-electron chi connectivity index (χ3n) is 9.77. The van der Waals surface area contributed by atoms with Gasteiger partial charge in [0.1, 0.15) is 0 Å². The molecule has 14 heteroatoms. The van der Waals surface area contributed by atoms with Gasteiger partial charge in [0.15, 0.2) is 0 Å². The molecule has 0 aromatic heterocycles. The van der Waals surface area contributed by atoms with Crippen molar-refractivity contribution in [1.29, 1.82) is 0 Å². The highest BCUT2D eigenvalue weighted by atomic mass is 16.2. The Morgan fingerprint density at radius 2 is 0.500 bits per heavy atom. The number of hydrogen-bond donors (Lipinski definition) is 5. The van der Waals surface area contributed by atoms with Crippen LogP contribution in [-0.4, -0.2) is 128 Å². The average Bonchev–Trinajstić information content (AvgIpc) is 3.27. The van der Waals surface area contributed by atoms with Crippen molar-refractivity contribution < 1.29 is 24.0 Å². The predicted molar refractivity (Wildman–Crippen MR) is 247 cm³/mol. The van der Waals surface area contributed by atoms with Gasteiger partial charge in [0, 0.05) is 67.7 Å². The number of likely N-dealkylation sites (N-methyl/N-ethyl adjacent to an activating group) is 1. The van der Waals surface area contributed by atoms with Gasteiger partial charge in [-0.1, -0.05) is 97.9 Å². The van der Waals surface area contributed by atoms with Gasteiger partial charge in [-0.15, -0.1) is 0 Å². The molecule has 5 aromatic carbocycles. The first-order valence-electron chi connectivity index (χ1n) is 20.8. The van der Waals surface area contributed by atoms with E-state index in [0.717, 1.165) is 5.69 Å². The van der Waals surface area contributed by atoms with Gasteiger partial charge >= 0.3 is 0 Å². The molecule has 0 saturated carbocycles. The smallest absolute Gasteiger partial charge is 0.238 e. The number of rotatable bonds is 25. The molecule has 324 valence electrons. The van der Waals surface area contributed by atoms with Gasteiger partial charge in [0.2, 0.25) is 29.5 Å². The Morgan fingerprint density at radius 1 is 0.306 bits per heavy atom. The Morgan fingerprint density at radius 3 is 0.726 bits per heavy atom. The lowest BCUT2D eigenvalue weighted by molar-refractivity contribution is -0.121. The van der Waals surface area contributed by atoms with Crippen LogP contribution >= 0.6 is 0 Å². The van der Waals surface area contributed by atoms with E-state index in [2.05, 4.69) is 31.5 Å². The number of benzene rings is 5. The molecule has 0 atom stereocenters. The van der Waals surface area contributed by atoms with Gasteiger partial charge < -0.3 is 26.6 Å². The molecule has 0 aliphatic carbocycles. The molecule has 0 heterocycles. The number of hydrogen-bond acceptors (Lipinski definition) is 9. The summed E-state index contributed by atoms with van der Waals surface area (Å²) in [4.78, 5) is 74.3. The zero-order valence-electron chi connectivity index (χ0n) is 35.2. The molecule has 0 saturated heterocycles. The van der Waals surface area contributed by atoms with Gasteiger partial charge in [0.05, 0.1) is 32.7 Å². The normalized spacial score (nSPS) is 11.0. The summed E-state index contributed by atoms with van der Waals surface area (Å²) >= 11 is 0. The molecule has 0 bridgehead atoms. The van der Waals surface area contributed by atoms with Gasteiger partial charge in [-0.2, -0.15) is 0 Å². The summed E-state index contributed by atoms with van der Waals surface area (Å²) in [6.07, 6.45) is 0. The largest absolute Gasteiger partial charge is 0.325 e. The summed E-state index contributed by atoms with van der Waals surface area (Å²) < 4.78 is 0. The van der Waals surface area contributed by atoms with Crippen LogP contribution in [0.3, 0.4) is 0 Å². The summed E-state index contributed by atoms with van der Waals surface area (Å²) in [7, 11) is 0. The van der Waals surface area contributed by atoms with E-state index in [-0.39, 0.29) is 62.3 Å². The highest BCUT2D eigenvalue weighted by Crippen LogP contribution is 2.10. The number of nitrogens with zero attached hydrogens (tertiary/aromatic N) is 4. The van der Waals surface area contributed by atoms with Gasteiger partial charge in [-0.25, -0.2) is 0 Å². The van der Waals surface area contributed by atoms with Crippen LogP contribution in [0, 0.1) is 0 Å². The molecule has 0 radical (unpaired) electrons. The molecule has 0 aliphatic rings. The minimum Gasteiger partial charge on any atom is -0.325 e. The van der Waals surface area contributed by atoms with Crippen molar-refractivity contribution in [1.82, 2.24) is 19.6 Å². The Labute approximate surface area is 364 Å². The van der Waals surface area contributed by atoms with Crippen LogP contribution in [0.25, 0.3) is 0 Å². The molecular formula is C48H57N9O5. The van der Waals surface area contributed by atoms with Crippen LogP contribution < -0.4 is 26.6 Å². The fraction of sp³-hybridized carbons (Fsp3) is 0.271. The minimum atomic E-state index is -0.267. The van der Waals surface area contributed by atoms with E-state index in [1.54, 1.807) is 58.3 Å². The highest BCUT2D eigenvalue weighted by molar-refractivity contribution is 5.96. The Balaban J connectivity index is 1.31. The summed E-state index contributed by atoms with van der Waals surface area (Å²) in [5, 5.41) is 14.7. The Hall–Kier alpha value is -6.71. The second-order valence-corrected chi connectivity index (χ2v) is 14.7. The third-order valence-corrected chi connectivity index (χ3v) is 9.77. The van der Waals surface area contributed by atoms with Gasteiger partial charge in [-0.3, -0.25) is 43.6 Å². The summed E-state index contributed by atoms with van der Waals surface area (Å²) in [6, 6.07) is 45.9. The quantitative estimate of drug-likeness (QED) is 0.0519. The highest BCUT2D eigenvalue weighted by Gasteiger charge is 2.21. The van der Waals surface area contributed by atoms with Crippen LogP contribution in [0.1, 0.15) is 6.92 Å². The lowest BCUT2D eigenvalue weighted by Crippen LogP contribution is -2.48. The topological polar surface area (TPSA) is 158 Å². The maximum absolute atomic E-state index is 13.4. The number of amides is 5. The van der Waals surface area contributed by atoms with Crippen molar-refractivity contribution in [2.45, 2.75) is 6.92 Å². The van der Waals surface area contributed by atoms with Crippen molar-refractivity contribution in [2.75, 3.05) is 105 Å². The van der Waals surface area contributed by atoms with Crippen molar-refractivity contribution in [3.05, 3.63) is 152 Å². The molecule has 0 spiro atoms. The Bertz CT molecular complexity index is 1880. The first-order chi connectivity index (χ1) is 30.2. The van der Waals surface area contributed by atoms with E-state index < -0.39 is 0 Å². The fourth-order valence-electron chi connectivity index (χ4n) is 6.59. The summed E-state index contributed by atoms with van der Waals surface area (Å²) in [5.41, 5.74) is 3.32. The van der Waals surface area contributed by atoms with E-state index in [9.17, 15) is 24.0 Å². The zero-order chi connectivity index (χ0) is 43.8. The van der Waals surface area contributed by atoms with Crippen molar-refractivity contribution in [3.63, 3.8) is 0 Å². The number of para-hydroxylation sites is 5. The molecule has 5 rings (SSSR count). The minimum absolute atomic E-state index is 0.0445. The number of nitrogens with one attached hydrogen (secondary N) is 5. The molecule has 5 aromatic rings. The number of carbonyl (C=O) groups is 5. The van der Waals surface area contributed by atoms with Crippen molar-refractivity contribution in [3.8, 4) is 0 Å². The maximum Gasteiger partial charge on any atom is 0.238 e. The Kier molecular flexibility index (Phi) is 19.3. The first kappa shape index (κ1) is 46.4. The zero-order valence-corrected chi connectivity index (χ0v) is 35.2. The monoisotopic (exact) mass is 839 g/mol. The molecular weight excluding hydrogens is 783 g/mol. The molecule has 0 unspecified atom stereocenters. The summed E-state index contributed by atoms with van der Waals surface area (Å²) in [5.74, 6) is -1.20. The standard InChI is InChI=1S/C48H57N9O5/c1-2-54(34-44(58)49-39-18-8-3-9-19-39)28-29-55(30-32-56(35-45(59)50-40-20-10-4-11-21-40)36-46(60)51-41-22-12-5-13-23-41)31-33-57(37-47(61)52-42-24-14-6-15-25-42)38-48(62)53-43-26-16-7-17-27-43/h3-27H,2,28-38H2,1H3,(H,49,58)(H,50,59)(H,51,60)(H,52,61)(H,53,62). The van der Waals surface area contributed by atoms with Crippen molar-refractivity contribution >= 4 is 58.0 Å². The maximum atomic E-state index is 13.4. The molecule has 62 heavy (non-hydrogen) atoms. The average molecular weight is 840 g/mol. The molecule has 0 fully saturated rings. The summed E-state index contributed by atoms with van der Waals surface area (Å²) in [6.45, 7) is 5.22. The fourth-order valence-corrected chi connectivity index (χ4v) is 6.59. The van der Waals surface area contributed by atoms with Crippen LogP contribution in [0.15, 0.2) is 152 Å². The van der Waals surface area contributed by atoms with Gasteiger partial charge in [-0.05, 0) is 67.2 Å². The molecule has 5 amide bonds. The van der Waals surface area contributed by atoms with E-state index >= 15 is 0 Å². The first-order valence-corrected chi connectivity index (χ1v) is 20.8. The van der Waals surface area contributed by atoms with E-state index in [0.29, 0.717) is 68.6 Å². The van der Waals surface area contributed by atoms with Crippen LogP contribution in [-0.2, 0) is 24.0 Å². The molecule has 14 nitrogen and oxygen atoms in total. The third kappa shape index (κ3) is 17.9.